The topological polar surface area (TPSA) is 9.23 Å². The van der Waals surface area contributed by atoms with Crippen LogP contribution in [0.5, 0.6) is 5.75 Å². The van der Waals surface area contributed by atoms with Crippen LogP contribution in [-0.4, -0.2) is 7.11 Å². The van der Waals surface area contributed by atoms with Crippen LogP contribution in [0.15, 0.2) is 18.2 Å². The van der Waals surface area contributed by atoms with Crippen LogP contribution in [-0.2, 0) is 6.18 Å². The van der Waals surface area contributed by atoms with E-state index < -0.39 is 11.7 Å². The molecule has 0 aliphatic rings. The van der Waals surface area contributed by atoms with E-state index >= 15 is 0 Å². The van der Waals surface area contributed by atoms with E-state index in [0.29, 0.717) is 5.75 Å². The van der Waals surface area contributed by atoms with E-state index in [0.717, 1.165) is 12.1 Å². The third-order valence-electron chi connectivity index (χ3n) is 1.33. The Hall–Kier alpha value is -0.593. The Balaban J connectivity index is 0.00000144. The summed E-state index contributed by atoms with van der Waals surface area (Å²) in [7, 11) is 1.39. The van der Waals surface area contributed by atoms with Crippen LogP contribution in [0.25, 0.3) is 0 Å². The monoisotopic (exact) mass is 182 g/mol. The SMILES string of the molecule is COc1c[c-]c(C(F)(F)F)cc1.[Li+]. The predicted molar refractivity (Wildman–Crippen MR) is 36.8 cm³/mol. The van der Waals surface area contributed by atoms with Crippen LogP contribution in [0.1, 0.15) is 5.56 Å². The van der Waals surface area contributed by atoms with Crippen LogP contribution in [0, 0.1) is 6.07 Å². The summed E-state index contributed by atoms with van der Waals surface area (Å²) in [5.41, 5.74) is -0.789. The Morgan fingerprint density at radius 2 is 1.92 bits per heavy atom. The zero-order valence-electron chi connectivity index (χ0n) is 7.27. The molecule has 0 aromatic heterocycles. The van der Waals surface area contributed by atoms with E-state index in [1.165, 1.54) is 13.2 Å². The number of alkyl halides is 3. The minimum absolute atomic E-state index is 0. The molecular weight excluding hydrogens is 176 g/mol. The number of ether oxygens (including phenoxy) is 1. The van der Waals surface area contributed by atoms with Crippen molar-refractivity contribution in [2.45, 2.75) is 6.18 Å². The van der Waals surface area contributed by atoms with E-state index in [4.69, 9.17) is 0 Å². The molecule has 0 N–H and O–H groups in total. The molecule has 0 saturated heterocycles. The fraction of sp³-hybridized carbons (Fsp3) is 0.250. The first-order valence-electron chi connectivity index (χ1n) is 3.17. The number of benzene rings is 1. The maximum atomic E-state index is 12.0. The first-order valence-corrected chi connectivity index (χ1v) is 3.17. The molecule has 1 nitrogen and oxygen atoms in total. The summed E-state index contributed by atoms with van der Waals surface area (Å²) in [5, 5.41) is 0. The summed E-state index contributed by atoms with van der Waals surface area (Å²) in [6.07, 6.45) is -4.33. The molecule has 1 aromatic rings. The minimum Gasteiger partial charge on any atom is -0.554 e. The van der Waals surface area contributed by atoms with Crippen molar-refractivity contribution in [3.8, 4) is 5.75 Å². The predicted octanol–water partition coefficient (Wildman–Crippen LogP) is -0.482. The molecule has 0 unspecified atom stereocenters. The molecule has 0 saturated carbocycles. The normalized spacial score (nSPS) is 10.5. The largest absolute Gasteiger partial charge is 1.00 e. The number of hydrogen-bond acceptors (Lipinski definition) is 1. The molecular formula is C8H6F3LiO. The van der Waals surface area contributed by atoms with Gasteiger partial charge in [0, 0.05) is 5.75 Å². The molecule has 1 aromatic carbocycles. The summed E-state index contributed by atoms with van der Waals surface area (Å²) in [5.74, 6) is 0.364. The van der Waals surface area contributed by atoms with Gasteiger partial charge in [-0.05, 0) is 0 Å². The summed E-state index contributed by atoms with van der Waals surface area (Å²) in [4.78, 5) is 0. The second-order valence-corrected chi connectivity index (χ2v) is 2.14. The van der Waals surface area contributed by atoms with Crippen molar-refractivity contribution in [2.75, 3.05) is 7.11 Å². The Bertz CT molecular complexity index is 255. The van der Waals surface area contributed by atoms with Crippen LogP contribution < -0.4 is 23.6 Å². The molecule has 0 spiro atoms. The third-order valence-corrected chi connectivity index (χ3v) is 1.33. The van der Waals surface area contributed by atoms with Gasteiger partial charge in [0.1, 0.15) is 0 Å². The van der Waals surface area contributed by atoms with Gasteiger partial charge in [-0.15, -0.1) is 12.1 Å². The quantitative estimate of drug-likeness (QED) is 0.421. The van der Waals surface area contributed by atoms with Gasteiger partial charge in [0.05, 0.1) is 7.11 Å². The molecule has 0 atom stereocenters. The second-order valence-electron chi connectivity index (χ2n) is 2.14. The van der Waals surface area contributed by atoms with Crippen LogP contribution in [0.3, 0.4) is 0 Å². The van der Waals surface area contributed by atoms with E-state index in [1.54, 1.807) is 0 Å². The summed E-state index contributed by atoms with van der Waals surface area (Å²) in [6, 6.07) is 5.41. The van der Waals surface area contributed by atoms with Gasteiger partial charge in [-0.1, -0.05) is 5.56 Å². The molecule has 0 radical (unpaired) electrons. The Kier molecular flexibility index (Phi) is 4.38. The van der Waals surface area contributed by atoms with Gasteiger partial charge in [-0.3, -0.25) is 0 Å². The Labute approximate surface area is 86.1 Å². The molecule has 0 aliphatic carbocycles. The summed E-state index contributed by atoms with van der Waals surface area (Å²) >= 11 is 0. The first kappa shape index (κ1) is 12.4. The van der Waals surface area contributed by atoms with Gasteiger partial charge in [0.15, 0.2) is 0 Å². The van der Waals surface area contributed by atoms with Crippen LogP contribution in [0.4, 0.5) is 13.2 Å². The maximum absolute atomic E-state index is 12.0. The number of halogens is 3. The van der Waals surface area contributed by atoms with Crippen molar-refractivity contribution in [3.63, 3.8) is 0 Å². The maximum Gasteiger partial charge on any atom is 1.00 e. The number of methoxy groups -OCH3 is 1. The fourth-order valence-corrected chi connectivity index (χ4v) is 0.714. The van der Waals surface area contributed by atoms with Crippen LogP contribution in [0.2, 0.25) is 0 Å². The summed E-state index contributed by atoms with van der Waals surface area (Å²) < 4.78 is 40.5. The van der Waals surface area contributed by atoms with Crippen LogP contribution >= 0.6 is 0 Å². The van der Waals surface area contributed by atoms with Gasteiger partial charge in [0.25, 0.3) is 0 Å². The van der Waals surface area contributed by atoms with Crippen molar-refractivity contribution in [2.24, 2.45) is 0 Å². The van der Waals surface area contributed by atoms with E-state index in [9.17, 15) is 13.2 Å². The van der Waals surface area contributed by atoms with E-state index in [1.807, 2.05) is 0 Å². The van der Waals surface area contributed by atoms with Gasteiger partial charge in [-0.25, -0.2) is 0 Å². The molecule has 0 fully saturated rings. The Morgan fingerprint density at radius 3 is 2.23 bits per heavy atom. The number of rotatable bonds is 1. The standard InChI is InChI=1S/C8H6F3O.Li/c1-12-7-4-2-6(3-5-7)8(9,10)11;/h2,4-5H,1H3;/q-1;+1. The molecule has 5 heteroatoms. The number of hydrogen-bond donors (Lipinski definition) is 0. The van der Waals surface area contributed by atoms with Gasteiger partial charge in [-0.2, -0.15) is 25.3 Å². The van der Waals surface area contributed by atoms with Crippen molar-refractivity contribution in [1.82, 2.24) is 0 Å². The van der Waals surface area contributed by atoms with Gasteiger partial charge < -0.3 is 4.74 Å². The molecule has 13 heavy (non-hydrogen) atoms. The van der Waals surface area contributed by atoms with Crippen molar-refractivity contribution >= 4 is 0 Å². The van der Waals surface area contributed by atoms with Gasteiger partial charge in [0.2, 0.25) is 0 Å². The minimum atomic E-state index is -4.33. The fourth-order valence-electron chi connectivity index (χ4n) is 0.714. The molecule has 66 valence electrons. The average Bonchev–Trinajstić information content (AvgIpc) is 2.03. The zero-order valence-corrected chi connectivity index (χ0v) is 7.27. The average molecular weight is 182 g/mol. The molecule has 0 heterocycles. The molecule has 0 aliphatic heterocycles. The van der Waals surface area contributed by atoms with Gasteiger partial charge >= 0.3 is 25.0 Å². The Morgan fingerprint density at radius 1 is 1.31 bits per heavy atom. The summed E-state index contributed by atoms with van der Waals surface area (Å²) in [6.45, 7) is 0. The van der Waals surface area contributed by atoms with Crippen molar-refractivity contribution < 1.29 is 36.8 Å². The smallest absolute Gasteiger partial charge is 0.554 e. The first-order chi connectivity index (χ1) is 5.54. The molecule has 1 rings (SSSR count). The molecule has 0 bridgehead atoms. The van der Waals surface area contributed by atoms with Crippen molar-refractivity contribution in [3.05, 3.63) is 29.8 Å². The van der Waals surface area contributed by atoms with E-state index in [-0.39, 0.29) is 18.9 Å². The van der Waals surface area contributed by atoms with E-state index in [2.05, 4.69) is 10.8 Å². The second kappa shape index (κ2) is 4.59. The molecule has 0 amide bonds. The zero-order chi connectivity index (χ0) is 9.19. The van der Waals surface area contributed by atoms with Crippen molar-refractivity contribution in [1.29, 1.82) is 0 Å². The third kappa shape index (κ3) is 3.33.